The van der Waals surface area contributed by atoms with Gasteiger partial charge in [0, 0.05) is 11.8 Å². The summed E-state index contributed by atoms with van der Waals surface area (Å²) in [6.45, 7) is 5.84. The molecule has 1 rings (SSSR count). The molecule has 1 unspecified atom stereocenters. The maximum absolute atomic E-state index is 11.6. The standard InChI is InChI=1S/C13H23N5OS/c1-10(2)18-11(19)16-17-12(18)20-8-6-5-7-13(3,9-14)15-4/h10,15H,5-8H2,1-4H3,(H,16,19). The Morgan fingerprint density at radius 3 is 2.80 bits per heavy atom. The van der Waals surface area contributed by atoms with Gasteiger partial charge in [-0.2, -0.15) is 5.26 Å². The van der Waals surface area contributed by atoms with Gasteiger partial charge >= 0.3 is 5.69 Å². The highest BCUT2D eigenvalue weighted by Gasteiger charge is 2.20. The number of unbranched alkanes of at least 4 members (excludes halogenated alkanes) is 1. The average molecular weight is 297 g/mol. The van der Waals surface area contributed by atoms with E-state index >= 15 is 0 Å². The van der Waals surface area contributed by atoms with Crippen LogP contribution in [-0.4, -0.2) is 33.1 Å². The maximum Gasteiger partial charge on any atom is 0.344 e. The van der Waals surface area contributed by atoms with Crippen LogP contribution in [0.1, 0.15) is 46.1 Å². The van der Waals surface area contributed by atoms with E-state index in [0.29, 0.717) is 0 Å². The van der Waals surface area contributed by atoms with E-state index in [2.05, 4.69) is 21.6 Å². The van der Waals surface area contributed by atoms with E-state index in [9.17, 15) is 4.79 Å². The van der Waals surface area contributed by atoms with E-state index in [4.69, 9.17) is 5.26 Å². The molecule has 0 saturated carbocycles. The van der Waals surface area contributed by atoms with Crippen molar-refractivity contribution in [1.82, 2.24) is 20.1 Å². The second kappa shape index (κ2) is 7.50. The topological polar surface area (TPSA) is 86.5 Å². The summed E-state index contributed by atoms with van der Waals surface area (Å²) < 4.78 is 1.66. The number of thioether (sulfide) groups is 1. The molecule has 1 aromatic rings. The summed E-state index contributed by atoms with van der Waals surface area (Å²) in [5, 5.41) is 19.3. The van der Waals surface area contributed by atoms with Gasteiger partial charge in [0.05, 0.1) is 6.07 Å². The number of hydrogen-bond acceptors (Lipinski definition) is 5. The Bertz CT molecular complexity index is 516. The van der Waals surface area contributed by atoms with Gasteiger partial charge < -0.3 is 5.32 Å². The second-order valence-corrected chi connectivity index (χ2v) is 6.34. The Morgan fingerprint density at radius 2 is 2.25 bits per heavy atom. The van der Waals surface area contributed by atoms with Crippen LogP contribution in [0.25, 0.3) is 0 Å². The Balaban J connectivity index is 2.40. The number of nitrogens with zero attached hydrogens (tertiary/aromatic N) is 3. The molecule has 0 saturated heterocycles. The van der Waals surface area contributed by atoms with Gasteiger partial charge in [-0.15, -0.1) is 5.10 Å². The van der Waals surface area contributed by atoms with Gasteiger partial charge in [0.15, 0.2) is 5.16 Å². The number of nitriles is 1. The van der Waals surface area contributed by atoms with E-state index in [0.717, 1.165) is 30.2 Å². The summed E-state index contributed by atoms with van der Waals surface area (Å²) >= 11 is 1.58. The van der Waals surface area contributed by atoms with Crippen LogP contribution in [0.3, 0.4) is 0 Å². The summed E-state index contributed by atoms with van der Waals surface area (Å²) in [4.78, 5) is 11.6. The quantitative estimate of drug-likeness (QED) is 0.565. The Kier molecular flexibility index (Phi) is 6.30. The van der Waals surface area contributed by atoms with Crippen molar-refractivity contribution in [3.05, 3.63) is 10.5 Å². The fourth-order valence-electron chi connectivity index (χ4n) is 1.83. The third-order valence-corrected chi connectivity index (χ3v) is 4.33. The fraction of sp³-hybridized carbons (Fsp3) is 0.769. The molecule has 0 aliphatic carbocycles. The van der Waals surface area contributed by atoms with Crippen molar-refractivity contribution in [1.29, 1.82) is 5.26 Å². The van der Waals surface area contributed by atoms with Crippen LogP contribution < -0.4 is 11.0 Å². The zero-order valence-electron chi connectivity index (χ0n) is 12.6. The number of hydrogen-bond donors (Lipinski definition) is 2. The van der Waals surface area contributed by atoms with Crippen LogP contribution in [0.4, 0.5) is 0 Å². The third-order valence-electron chi connectivity index (χ3n) is 3.29. The van der Waals surface area contributed by atoms with Gasteiger partial charge in [-0.1, -0.05) is 11.8 Å². The van der Waals surface area contributed by atoms with Crippen LogP contribution in [0.5, 0.6) is 0 Å². The molecule has 0 spiro atoms. The minimum absolute atomic E-state index is 0.106. The highest BCUT2D eigenvalue weighted by Crippen LogP contribution is 2.20. The third kappa shape index (κ3) is 4.39. The van der Waals surface area contributed by atoms with Gasteiger partial charge in [0.2, 0.25) is 0 Å². The van der Waals surface area contributed by atoms with E-state index in [1.807, 2.05) is 27.8 Å². The van der Waals surface area contributed by atoms with Crippen LogP contribution >= 0.6 is 11.8 Å². The number of aromatic nitrogens is 3. The van der Waals surface area contributed by atoms with Gasteiger partial charge in [-0.05, 0) is 47.1 Å². The molecule has 0 bridgehead atoms. The molecule has 2 N–H and O–H groups in total. The highest BCUT2D eigenvalue weighted by atomic mass is 32.2. The van der Waals surface area contributed by atoms with Crippen LogP contribution in [-0.2, 0) is 0 Å². The Labute approximate surface area is 123 Å². The van der Waals surface area contributed by atoms with E-state index in [1.54, 1.807) is 16.3 Å². The first-order chi connectivity index (χ1) is 9.43. The summed E-state index contributed by atoms with van der Waals surface area (Å²) in [6, 6.07) is 2.39. The number of aromatic amines is 1. The minimum atomic E-state index is -0.447. The van der Waals surface area contributed by atoms with Crippen LogP contribution in [0, 0.1) is 11.3 Å². The molecule has 1 heterocycles. The molecule has 0 fully saturated rings. The minimum Gasteiger partial charge on any atom is -0.303 e. The molecule has 0 amide bonds. The smallest absolute Gasteiger partial charge is 0.303 e. The first kappa shape index (κ1) is 16.8. The first-order valence-corrected chi connectivity index (χ1v) is 7.82. The SMILES string of the molecule is CNC(C)(C#N)CCCCSc1n[nH]c(=O)n1C(C)C. The van der Waals surface area contributed by atoms with Crippen LogP contribution in [0.15, 0.2) is 9.95 Å². The lowest BCUT2D eigenvalue weighted by molar-refractivity contribution is 0.439. The molecule has 0 radical (unpaired) electrons. The monoisotopic (exact) mass is 297 g/mol. The van der Waals surface area contributed by atoms with Gasteiger partial charge in [0.25, 0.3) is 0 Å². The molecule has 112 valence electrons. The summed E-state index contributed by atoms with van der Waals surface area (Å²) in [5.74, 6) is 0.891. The molecule has 0 aliphatic rings. The van der Waals surface area contributed by atoms with E-state index < -0.39 is 5.54 Å². The summed E-state index contributed by atoms with van der Waals surface area (Å²) in [5.41, 5.74) is -0.605. The van der Waals surface area contributed by atoms with Crippen molar-refractivity contribution in [2.45, 2.75) is 56.8 Å². The zero-order valence-corrected chi connectivity index (χ0v) is 13.4. The van der Waals surface area contributed by atoms with Crippen molar-refractivity contribution in [2.24, 2.45) is 0 Å². The lowest BCUT2D eigenvalue weighted by atomic mass is 9.97. The van der Waals surface area contributed by atoms with Gasteiger partial charge in [-0.3, -0.25) is 4.57 Å². The molecular weight excluding hydrogens is 274 g/mol. The molecule has 1 atom stereocenters. The highest BCUT2D eigenvalue weighted by molar-refractivity contribution is 7.99. The van der Waals surface area contributed by atoms with Crippen molar-refractivity contribution in [3.63, 3.8) is 0 Å². The lowest BCUT2D eigenvalue weighted by Gasteiger charge is -2.20. The number of rotatable bonds is 8. The maximum atomic E-state index is 11.6. The largest absolute Gasteiger partial charge is 0.344 e. The number of H-pyrrole nitrogens is 1. The van der Waals surface area contributed by atoms with Crippen molar-refractivity contribution in [3.8, 4) is 6.07 Å². The predicted molar refractivity (Wildman–Crippen MR) is 80.9 cm³/mol. The molecule has 1 aromatic heterocycles. The molecule has 0 aliphatic heterocycles. The molecule has 20 heavy (non-hydrogen) atoms. The van der Waals surface area contributed by atoms with Gasteiger partial charge in [0.1, 0.15) is 5.54 Å². The molecular formula is C13H23N5OS. The summed E-state index contributed by atoms with van der Waals surface area (Å²) in [7, 11) is 1.81. The first-order valence-electron chi connectivity index (χ1n) is 6.83. The molecule has 7 heteroatoms. The number of nitrogens with one attached hydrogen (secondary N) is 2. The zero-order chi connectivity index (χ0) is 15.2. The Morgan fingerprint density at radius 1 is 1.55 bits per heavy atom. The van der Waals surface area contributed by atoms with Gasteiger partial charge in [-0.25, -0.2) is 9.89 Å². The van der Waals surface area contributed by atoms with Crippen LogP contribution in [0.2, 0.25) is 0 Å². The molecule has 6 nitrogen and oxygen atoms in total. The second-order valence-electron chi connectivity index (χ2n) is 5.27. The van der Waals surface area contributed by atoms with E-state index in [1.165, 1.54) is 0 Å². The molecule has 0 aromatic carbocycles. The Hall–Kier alpha value is -1.26. The predicted octanol–water partition coefficient (Wildman–Crippen LogP) is 1.92. The van der Waals surface area contributed by atoms with Crippen molar-refractivity contribution in [2.75, 3.05) is 12.8 Å². The van der Waals surface area contributed by atoms with E-state index in [-0.39, 0.29) is 11.7 Å². The van der Waals surface area contributed by atoms with Crippen molar-refractivity contribution >= 4 is 11.8 Å². The van der Waals surface area contributed by atoms with Crippen molar-refractivity contribution < 1.29 is 0 Å². The average Bonchev–Trinajstić information content (AvgIpc) is 2.79. The summed E-state index contributed by atoms with van der Waals surface area (Å²) in [6.07, 6.45) is 2.77. The lowest BCUT2D eigenvalue weighted by Crippen LogP contribution is -2.37. The fourth-order valence-corrected chi connectivity index (χ4v) is 2.90. The normalized spacial score (nSPS) is 14.2.